The van der Waals surface area contributed by atoms with Gasteiger partial charge in [-0.3, -0.25) is 9.89 Å². The molecule has 0 amide bonds. The maximum Gasteiger partial charge on any atom is 0.191 e. The SMILES string of the molecule is CCCCOCCOCCNC(=NCC(C)N1CCOCC1)NCC.I. The first kappa shape index (κ1) is 25.8. The summed E-state index contributed by atoms with van der Waals surface area (Å²) >= 11 is 0. The van der Waals surface area contributed by atoms with E-state index in [4.69, 9.17) is 14.2 Å². The predicted octanol–water partition coefficient (Wildman–Crippen LogP) is 1.71. The number of nitrogens with one attached hydrogen (secondary N) is 2. The second kappa shape index (κ2) is 18.2. The van der Waals surface area contributed by atoms with E-state index in [0.717, 1.165) is 64.9 Å². The lowest BCUT2D eigenvalue weighted by atomic mass is 10.2. The molecule has 0 aromatic rings. The Morgan fingerprint density at radius 2 is 1.77 bits per heavy atom. The van der Waals surface area contributed by atoms with Crippen LogP contribution in [-0.4, -0.2) is 89.3 Å². The molecule has 156 valence electrons. The average molecular weight is 486 g/mol. The number of unbranched alkanes of at least 4 members (excludes halogenated alkanes) is 1. The Bertz CT molecular complexity index is 342. The lowest BCUT2D eigenvalue weighted by Gasteiger charge is -2.31. The van der Waals surface area contributed by atoms with Crippen LogP contribution in [0.3, 0.4) is 0 Å². The summed E-state index contributed by atoms with van der Waals surface area (Å²) in [7, 11) is 0. The van der Waals surface area contributed by atoms with Crippen molar-refractivity contribution < 1.29 is 14.2 Å². The van der Waals surface area contributed by atoms with Crippen LogP contribution < -0.4 is 10.6 Å². The van der Waals surface area contributed by atoms with Gasteiger partial charge in [-0.25, -0.2) is 0 Å². The van der Waals surface area contributed by atoms with Gasteiger partial charge in [-0.2, -0.15) is 0 Å². The standard InChI is InChI=1S/C18H38N4O3.HI/c1-4-6-10-23-14-15-24-11-7-20-18(19-5-2)21-16-17(3)22-8-12-25-13-9-22;/h17H,4-16H2,1-3H3,(H2,19,20,21);1H. The third-order valence-corrected chi connectivity index (χ3v) is 4.08. The Labute approximate surface area is 176 Å². The molecular formula is C18H39IN4O3. The molecular weight excluding hydrogens is 447 g/mol. The third kappa shape index (κ3) is 13.1. The summed E-state index contributed by atoms with van der Waals surface area (Å²) in [6.07, 6.45) is 2.29. The largest absolute Gasteiger partial charge is 0.379 e. The highest BCUT2D eigenvalue weighted by molar-refractivity contribution is 14.0. The number of morpholine rings is 1. The van der Waals surface area contributed by atoms with Crippen molar-refractivity contribution >= 4 is 29.9 Å². The van der Waals surface area contributed by atoms with Crippen LogP contribution in [0.2, 0.25) is 0 Å². The van der Waals surface area contributed by atoms with E-state index in [1.807, 2.05) is 0 Å². The van der Waals surface area contributed by atoms with E-state index in [0.29, 0.717) is 25.9 Å². The van der Waals surface area contributed by atoms with E-state index >= 15 is 0 Å². The minimum atomic E-state index is 0. The Balaban J connectivity index is 0.00000625. The van der Waals surface area contributed by atoms with E-state index in [2.05, 4.69) is 41.3 Å². The molecule has 26 heavy (non-hydrogen) atoms. The molecule has 1 rings (SSSR count). The Kier molecular flexibility index (Phi) is 18.1. The van der Waals surface area contributed by atoms with Gasteiger partial charge < -0.3 is 24.8 Å². The molecule has 2 N–H and O–H groups in total. The maximum absolute atomic E-state index is 5.57. The van der Waals surface area contributed by atoms with Gasteiger partial charge >= 0.3 is 0 Å². The van der Waals surface area contributed by atoms with E-state index in [-0.39, 0.29) is 24.0 Å². The topological polar surface area (TPSA) is 67.4 Å². The van der Waals surface area contributed by atoms with Crippen molar-refractivity contribution in [2.75, 3.05) is 72.4 Å². The fraction of sp³-hybridized carbons (Fsp3) is 0.944. The molecule has 0 aromatic carbocycles. The Morgan fingerprint density at radius 1 is 1.08 bits per heavy atom. The van der Waals surface area contributed by atoms with Gasteiger partial charge in [0.1, 0.15) is 0 Å². The lowest BCUT2D eigenvalue weighted by Crippen LogP contribution is -2.44. The van der Waals surface area contributed by atoms with Gasteiger partial charge in [0, 0.05) is 38.8 Å². The number of aliphatic imine (C=N–C) groups is 1. The molecule has 1 atom stereocenters. The number of guanidine groups is 1. The van der Waals surface area contributed by atoms with Crippen LogP contribution >= 0.6 is 24.0 Å². The molecule has 1 unspecified atom stereocenters. The van der Waals surface area contributed by atoms with Gasteiger partial charge in [-0.1, -0.05) is 13.3 Å². The fourth-order valence-electron chi connectivity index (χ4n) is 2.51. The Morgan fingerprint density at radius 3 is 2.42 bits per heavy atom. The van der Waals surface area contributed by atoms with Gasteiger partial charge in [0.2, 0.25) is 0 Å². The van der Waals surface area contributed by atoms with Crippen LogP contribution in [0.15, 0.2) is 4.99 Å². The second-order valence-electron chi connectivity index (χ2n) is 6.22. The normalized spacial score (nSPS) is 16.8. The van der Waals surface area contributed by atoms with Crippen molar-refractivity contribution in [3.05, 3.63) is 0 Å². The highest BCUT2D eigenvalue weighted by atomic mass is 127. The van der Waals surface area contributed by atoms with E-state index < -0.39 is 0 Å². The predicted molar refractivity (Wildman–Crippen MR) is 118 cm³/mol. The summed E-state index contributed by atoms with van der Waals surface area (Å²) in [6, 6.07) is 0.427. The van der Waals surface area contributed by atoms with Gasteiger partial charge in [-0.15, -0.1) is 24.0 Å². The van der Waals surface area contributed by atoms with E-state index in [1.165, 1.54) is 6.42 Å². The molecule has 0 saturated carbocycles. The molecule has 0 aromatic heterocycles. The van der Waals surface area contributed by atoms with E-state index in [9.17, 15) is 0 Å². The number of hydrogen-bond donors (Lipinski definition) is 2. The van der Waals surface area contributed by atoms with Crippen LogP contribution in [0, 0.1) is 0 Å². The van der Waals surface area contributed by atoms with Crippen molar-refractivity contribution in [1.82, 2.24) is 15.5 Å². The molecule has 0 spiro atoms. The van der Waals surface area contributed by atoms with Crippen molar-refractivity contribution in [3.8, 4) is 0 Å². The van der Waals surface area contributed by atoms with Gasteiger partial charge in [0.05, 0.1) is 39.6 Å². The molecule has 7 nitrogen and oxygen atoms in total. The minimum Gasteiger partial charge on any atom is -0.379 e. The summed E-state index contributed by atoms with van der Waals surface area (Å²) < 4.78 is 16.4. The summed E-state index contributed by atoms with van der Waals surface area (Å²) in [5.41, 5.74) is 0. The van der Waals surface area contributed by atoms with Crippen molar-refractivity contribution in [1.29, 1.82) is 0 Å². The summed E-state index contributed by atoms with van der Waals surface area (Å²) in [6.45, 7) is 15.3. The molecule has 0 radical (unpaired) electrons. The summed E-state index contributed by atoms with van der Waals surface area (Å²) in [4.78, 5) is 7.12. The van der Waals surface area contributed by atoms with Gasteiger partial charge in [0.25, 0.3) is 0 Å². The minimum absolute atomic E-state index is 0. The van der Waals surface area contributed by atoms with Crippen molar-refractivity contribution in [2.24, 2.45) is 4.99 Å². The van der Waals surface area contributed by atoms with Crippen LogP contribution in [-0.2, 0) is 14.2 Å². The van der Waals surface area contributed by atoms with Crippen LogP contribution in [0.1, 0.15) is 33.6 Å². The smallest absolute Gasteiger partial charge is 0.191 e. The number of nitrogens with zero attached hydrogens (tertiary/aromatic N) is 2. The van der Waals surface area contributed by atoms with Gasteiger partial charge in [-0.05, 0) is 20.3 Å². The molecule has 1 heterocycles. The molecule has 1 fully saturated rings. The summed E-state index contributed by atoms with van der Waals surface area (Å²) in [5.74, 6) is 0.852. The zero-order valence-corrected chi connectivity index (χ0v) is 19.1. The monoisotopic (exact) mass is 486 g/mol. The van der Waals surface area contributed by atoms with Crippen molar-refractivity contribution in [2.45, 2.75) is 39.7 Å². The molecule has 1 aliphatic heterocycles. The van der Waals surface area contributed by atoms with Crippen LogP contribution in [0.5, 0.6) is 0 Å². The zero-order valence-electron chi connectivity index (χ0n) is 16.8. The fourth-order valence-corrected chi connectivity index (χ4v) is 2.51. The highest BCUT2D eigenvalue weighted by Gasteiger charge is 2.16. The summed E-state index contributed by atoms with van der Waals surface area (Å²) in [5, 5.41) is 6.60. The van der Waals surface area contributed by atoms with Crippen LogP contribution in [0.25, 0.3) is 0 Å². The number of hydrogen-bond acceptors (Lipinski definition) is 5. The molecule has 0 bridgehead atoms. The molecule has 1 saturated heterocycles. The first-order valence-corrected chi connectivity index (χ1v) is 9.77. The highest BCUT2D eigenvalue weighted by Crippen LogP contribution is 2.03. The molecule has 1 aliphatic rings. The maximum atomic E-state index is 5.57. The number of rotatable bonds is 13. The van der Waals surface area contributed by atoms with Crippen LogP contribution in [0.4, 0.5) is 0 Å². The van der Waals surface area contributed by atoms with Gasteiger partial charge in [0.15, 0.2) is 5.96 Å². The quantitative estimate of drug-likeness (QED) is 0.179. The third-order valence-electron chi connectivity index (χ3n) is 4.08. The molecule has 0 aliphatic carbocycles. The number of halogens is 1. The number of ether oxygens (including phenoxy) is 3. The first-order valence-electron chi connectivity index (χ1n) is 9.77. The second-order valence-corrected chi connectivity index (χ2v) is 6.22. The first-order chi connectivity index (χ1) is 12.3. The molecule has 8 heteroatoms. The average Bonchev–Trinajstić information content (AvgIpc) is 2.65. The Hall–Kier alpha value is -0.160. The lowest BCUT2D eigenvalue weighted by molar-refractivity contribution is 0.0220. The van der Waals surface area contributed by atoms with E-state index in [1.54, 1.807) is 0 Å². The zero-order chi connectivity index (χ0) is 18.2. The van der Waals surface area contributed by atoms with Crippen molar-refractivity contribution in [3.63, 3.8) is 0 Å².